The second kappa shape index (κ2) is 8.11. The van der Waals surface area contributed by atoms with Gasteiger partial charge in [-0.25, -0.2) is 9.97 Å². The minimum atomic E-state index is -0.161. The summed E-state index contributed by atoms with van der Waals surface area (Å²) in [5.41, 5.74) is 0. The molecule has 21 heavy (non-hydrogen) atoms. The number of methoxy groups -OCH3 is 1. The lowest BCUT2D eigenvalue weighted by Gasteiger charge is -2.33. The van der Waals surface area contributed by atoms with E-state index in [9.17, 15) is 5.11 Å². The molecular formula is C14H24N4O3. The molecule has 1 atom stereocenters. The van der Waals surface area contributed by atoms with Crippen LogP contribution >= 0.6 is 0 Å². The van der Waals surface area contributed by atoms with Gasteiger partial charge < -0.3 is 24.8 Å². The number of ether oxygens (including phenoxy) is 2. The number of hydrogen-bond acceptors (Lipinski definition) is 7. The van der Waals surface area contributed by atoms with E-state index in [1.165, 1.54) is 0 Å². The summed E-state index contributed by atoms with van der Waals surface area (Å²) in [6, 6.07) is 1.94. The summed E-state index contributed by atoms with van der Waals surface area (Å²) in [5, 5.41) is 12.5. The molecule has 0 spiro atoms. The van der Waals surface area contributed by atoms with Crippen LogP contribution in [0.2, 0.25) is 0 Å². The van der Waals surface area contributed by atoms with Gasteiger partial charge in [-0.15, -0.1) is 0 Å². The number of aliphatic hydroxyl groups excluding tert-OH is 1. The SMILES string of the molecule is CCCNc1cc(N2CCOC(CO)C2)nc(COC)n1. The zero-order valence-corrected chi connectivity index (χ0v) is 12.7. The first kappa shape index (κ1) is 15.9. The van der Waals surface area contributed by atoms with E-state index in [0.717, 1.165) is 31.1 Å². The summed E-state index contributed by atoms with van der Waals surface area (Å²) in [6.07, 6.45) is 0.870. The van der Waals surface area contributed by atoms with Gasteiger partial charge in [0.05, 0.1) is 19.3 Å². The Balaban J connectivity index is 2.17. The zero-order chi connectivity index (χ0) is 15.1. The Hall–Kier alpha value is -1.44. The van der Waals surface area contributed by atoms with Crippen LogP contribution in [0.25, 0.3) is 0 Å². The molecular weight excluding hydrogens is 272 g/mol. The Labute approximate surface area is 125 Å². The van der Waals surface area contributed by atoms with Gasteiger partial charge in [0, 0.05) is 32.8 Å². The van der Waals surface area contributed by atoms with Crippen LogP contribution < -0.4 is 10.2 Å². The van der Waals surface area contributed by atoms with Crippen LogP contribution in [0.1, 0.15) is 19.2 Å². The summed E-state index contributed by atoms with van der Waals surface area (Å²) in [4.78, 5) is 11.1. The van der Waals surface area contributed by atoms with Crippen molar-refractivity contribution in [2.24, 2.45) is 0 Å². The number of nitrogens with one attached hydrogen (secondary N) is 1. The number of anilines is 2. The largest absolute Gasteiger partial charge is 0.394 e. The summed E-state index contributed by atoms with van der Waals surface area (Å²) in [7, 11) is 1.63. The third kappa shape index (κ3) is 4.52. The third-order valence-electron chi connectivity index (χ3n) is 3.25. The van der Waals surface area contributed by atoms with Gasteiger partial charge >= 0.3 is 0 Å². The predicted octanol–water partition coefficient (Wildman–Crippen LogP) is 0.642. The number of hydrogen-bond donors (Lipinski definition) is 2. The van der Waals surface area contributed by atoms with E-state index in [1.807, 2.05) is 6.07 Å². The molecule has 118 valence electrons. The molecule has 1 aliphatic rings. The van der Waals surface area contributed by atoms with Gasteiger partial charge in [0.2, 0.25) is 0 Å². The van der Waals surface area contributed by atoms with E-state index in [2.05, 4.69) is 27.1 Å². The Bertz CT molecular complexity index is 444. The number of morpholine rings is 1. The van der Waals surface area contributed by atoms with Crippen LogP contribution in [0.15, 0.2) is 6.07 Å². The van der Waals surface area contributed by atoms with Crippen LogP contribution in [0.5, 0.6) is 0 Å². The van der Waals surface area contributed by atoms with Gasteiger partial charge in [-0.05, 0) is 6.42 Å². The lowest BCUT2D eigenvalue weighted by molar-refractivity contribution is 0.00333. The van der Waals surface area contributed by atoms with Crippen molar-refractivity contribution in [1.82, 2.24) is 9.97 Å². The fourth-order valence-electron chi connectivity index (χ4n) is 2.22. The van der Waals surface area contributed by atoms with Gasteiger partial charge in [0.25, 0.3) is 0 Å². The molecule has 7 nitrogen and oxygen atoms in total. The van der Waals surface area contributed by atoms with E-state index in [1.54, 1.807) is 7.11 Å². The first-order valence-electron chi connectivity index (χ1n) is 7.35. The molecule has 0 amide bonds. The smallest absolute Gasteiger partial charge is 0.158 e. The van der Waals surface area contributed by atoms with Crippen molar-refractivity contribution in [2.75, 3.05) is 50.2 Å². The average molecular weight is 296 g/mol. The zero-order valence-electron chi connectivity index (χ0n) is 12.7. The Morgan fingerprint density at radius 2 is 2.38 bits per heavy atom. The molecule has 0 saturated carbocycles. The second-order valence-electron chi connectivity index (χ2n) is 5.01. The maximum Gasteiger partial charge on any atom is 0.158 e. The highest BCUT2D eigenvalue weighted by atomic mass is 16.5. The number of nitrogens with zero attached hydrogens (tertiary/aromatic N) is 3. The molecule has 0 aromatic carbocycles. The quantitative estimate of drug-likeness (QED) is 0.764. The molecule has 2 N–H and O–H groups in total. The predicted molar refractivity (Wildman–Crippen MR) is 80.6 cm³/mol. The van der Waals surface area contributed by atoms with E-state index in [0.29, 0.717) is 25.6 Å². The van der Waals surface area contributed by atoms with Gasteiger partial charge in [0.15, 0.2) is 5.82 Å². The molecule has 0 bridgehead atoms. The summed E-state index contributed by atoms with van der Waals surface area (Å²) < 4.78 is 10.6. The molecule has 1 fully saturated rings. The van der Waals surface area contributed by atoms with Crippen molar-refractivity contribution in [3.05, 3.63) is 11.9 Å². The van der Waals surface area contributed by atoms with Crippen LogP contribution in [-0.2, 0) is 16.1 Å². The normalized spacial score (nSPS) is 18.8. The minimum absolute atomic E-state index is 0.0213. The third-order valence-corrected chi connectivity index (χ3v) is 3.25. The first-order valence-corrected chi connectivity index (χ1v) is 7.35. The fraction of sp³-hybridized carbons (Fsp3) is 0.714. The number of rotatable bonds is 7. The highest BCUT2D eigenvalue weighted by molar-refractivity contribution is 5.49. The molecule has 0 radical (unpaired) electrons. The van der Waals surface area contributed by atoms with Gasteiger partial charge in [0.1, 0.15) is 18.2 Å². The molecule has 1 aliphatic heterocycles. The van der Waals surface area contributed by atoms with Crippen LogP contribution in [0.4, 0.5) is 11.6 Å². The van der Waals surface area contributed by atoms with Crippen molar-refractivity contribution in [2.45, 2.75) is 26.1 Å². The first-order chi connectivity index (χ1) is 10.3. The van der Waals surface area contributed by atoms with E-state index in [-0.39, 0.29) is 12.7 Å². The minimum Gasteiger partial charge on any atom is -0.394 e. The molecule has 1 aromatic rings. The van der Waals surface area contributed by atoms with E-state index >= 15 is 0 Å². The molecule has 7 heteroatoms. The molecule has 2 heterocycles. The topological polar surface area (TPSA) is 79.7 Å². The summed E-state index contributed by atoms with van der Waals surface area (Å²) in [5.74, 6) is 2.30. The Morgan fingerprint density at radius 3 is 3.10 bits per heavy atom. The van der Waals surface area contributed by atoms with Crippen molar-refractivity contribution in [3.8, 4) is 0 Å². The maximum atomic E-state index is 9.25. The standard InChI is InChI=1S/C14H24N4O3/c1-3-4-15-12-7-14(17-13(16-12)10-20-2)18-5-6-21-11(8-18)9-19/h7,11,19H,3-6,8-10H2,1-2H3,(H,15,16,17). The lowest BCUT2D eigenvalue weighted by atomic mass is 10.3. The number of aromatic nitrogens is 2. The van der Waals surface area contributed by atoms with Crippen molar-refractivity contribution in [3.63, 3.8) is 0 Å². The molecule has 0 aliphatic carbocycles. The van der Waals surface area contributed by atoms with E-state index in [4.69, 9.17) is 9.47 Å². The van der Waals surface area contributed by atoms with E-state index < -0.39 is 0 Å². The van der Waals surface area contributed by atoms with Crippen molar-refractivity contribution >= 4 is 11.6 Å². The monoisotopic (exact) mass is 296 g/mol. The van der Waals surface area contributed by atoms with Crippen molar-refractivity contribution in [1.29, 1.82) is 0 Å². The summed E-state index contributed by atoms with van der Waals surface area (Å²) >= 11 is 0. The summed E-state index contributed by atoms with van der Waals surface area (Å²) in [6.45, 7) is 5.35. The fourth-order valence-corrected chi connectivity index (χ4v) is 2.22. The van der Waals surface area contributed by atoms with Gasteiger partial charge in [-0.2, -0.15) is 0 Å². The maximum absolute atomic E-state index is 9.25. The number of aliphatic hydroxyl groups is 1. The second-order valence-corrected chi connectivity index (χ2v) is 5.01. The Morgan fingerprint density at radius 1 is 1.52 bits per heavy atom. The highest BCUT2D eigenvalue weighted by Crippen LogP contribution is 2.19. The lowest BCUT2D eigenvalue weighted by Crippen LogP contribution is -2.44. The van der Waals surface area contributed by atoms with Crippen LogP contribution in [-0.4, -0.2) is 61.1 Å². The van der Waals surface area contributed by atoms with Crippen molar-refractivity contribution < 1.29 is 14.6 Å². The molecule has 1 saturated heterocycles. The molecule has 1 unspecified atom stereocenters. The van der Waals surface area contributed by atoms with Gasteiger partial charge in [-0.3, -0.25) is 0 Å². The Kier molecular flexibility index (Phi) is 6.16. The van der Waals surface area contributed by atoms with Crippen LogP contribution in [0, 0.1) is 0 Å². The van der Waals surface area contributed by atoms with Crippen LogP contribution in [0.3, 0.4) is 0 Å². The molecule has 1 aromatic heterocycles. The molecule has 2 rings (SSSR count). The average Bonchev–Trinajstić information content (AvgIpc) is 2.53. The highest BCUT2D eigenvalue weighted by Gasteiger charge is 2.21. The van der Waals surface area contributed by atoms with Gasteiger partial charge in [-0.1, -0.05) is 6.92 Å².